The lowest BCUT2D eigenvalue weighted by atomic mass is 10.2. The molecule has 2 N–H and O–H groups in total. The number of para-hydroxylation sites is 1. The average Bonchev–Trinajstić information content (AvgIpc) is 2.60. The number of carbonyl (C=O) groups is 1. The largest absolute Gasteiger partial charge is 0.354 e. The third-order valence-corrected chi connectivity index (χ3v) is 4.73. The van der Waals surface area contributed by atoms with E-state index >= 15 is 0 Å². The zero-order valence-electron chi connectivity index (χ0n) is 14.0. The Morgan fingerprint density at radius 1 is 0.960 bits per heavy atom. The van der Waals surface area contributed by atoms with E-state index < -0.39 is 0 Å². The summed E-state index contributed by atoms with van der Waals surface area (Å²) in [5.41, 5.74) is 5.16. The minimum absolute atomic E-state index is 0.183. The van der Waals surface area contributed by atoms with Crippen LogP contribution in [0.15, 0.2) is 65.4 Å². The molecule has 0 radical (unpaired) electrons. The van der Waals surface area contributed by atoms with E-state index in [1.807, 2.05) is 56.3 Å². The molecule has 0 unspecified atom stereocenters. The van der Waals surface area contributed by atoms with E-state index in [4.69, 9.17) is 0 Å². The number of aryl methyl sites for hydroxylation is 2. The Bertz CT molecular complexity index is 924. The van der Waals surface area contributed by atoms with Gasteiger partial charge in [0.1, 0.15) is 0 Å². The van der Waals surface area contributed by atoms with Crippen molar-refractivity contribution >= 4 is 38.9 Å². The van der Waals surface area contributed by atoms with Gasteiger partial charge in [-0.25, -0.2) is 0 Å². The Hall–Kier alpha value is -2.66. The normalized spacial score (nSPS) is 10.4. The number of carbonyl (C=O) groups excluding carboxylic acids is 1. The predicted octanol–water partition coefficient (Wildman–Crippen LogP) is 5.46. The van der Waals surface area contributed by atoms with E-state index in [-0.39, 0.29) is 5.91 Å². The van der Waals surface area contributed by atoms with E-state index in [0.717, 1.165) is 32.7 Å². The monoisotopic (exact) mass is 395 g/mol. The van der Waals surface area contributed by atoms with Crippen LogP contribution in [0.2, 0.25) is 0 Å². The SMILES string of the molecule is Cc1cc(Nc2cncc(C(=O)Nc3ccccc3C)c2)ccc1Br. The highest BCUT2D eigenvalue weighted by atomic mass is 79.9. The highest BCUT2D eigenvalue weighted by molar-refractivity contribution is 9.10. The molecular weight excluding hydrogens is 378 g/mol. The summed E-state index contributed by atoms with van der Waals surface area (Å²) in [7, 11) is 0. The lowest BCUT2D eigenvalue weighted by molar-refractivity contribution is 0.102. The number of aromatic nitrogens is 1. The van der Waals surface area contributed by atoms with E-state index in [0.29, 0.717) is 5.56 Å². The van der Waals surface area contributed by atoms with Crippen LogP contribution >= 0.6 is 15.9 Å². The molecule has 0 saturated carbocycles. The van der Waals surface area contributed by atoms with Crippen LogP contribution < -0.4 is 10.6 Å². The molecule has 0 bridgehead atoms. The summed E-state index contributed by atoms with van der Waals surface area (Å²) in [6, 6.07) is 15.5. The molecular formula is C20H18BrN3O. The summed E-state index contributed by atoms with van der Waals surface area (Å²) in [6.07, 6.45) is 3.26. The van der Waals surface area contributed by atoms with Gasteiger partial charge in [0.05, 0.1) is 17.4 Å². The zero-order chi connectivity index (χ0) is 17.8. The first-order chi connectivity index (χ1) is 12.0. The number of pyridine rings is 1. The molecule has 0 spiro atoms. The Balaban J connectivity index is 1.77. The smallest absolute Gasteiger partial charge is 0.257 e. The van der Waals surface area contributed by atoms with Gasteiger partial charge in [-0.3, -0.25) is 9.78 Å². The Morgan fingerprint density at radius 2 is 1.76 bits per heavy atom. The number of nitrogens with zero attached hydrogens (tertiary/aromatic N) is 1. The molecule has 1 aromatic heterocycles. The van der Waals surface area contributed by atoms with E-state index in [1.165, 1.54) is 0 Å². The second-order valence-corrected chi connectivity index (χ2v) is 6.67. The molecule has 0 fully saturated rings. The minimum Gasteiger partial charge on any atom is -0.354 e. The van der Waals surface area contributed by atoms with Crippen LogP contribution in [0.4, 0.5) is 17.1 Å². The first-order valence-electron chi connectivity index (χ1n) is 7.88. The quantitative estimate of drug-likeness (QED) is 0.616. The molecule has 0 atom stereocenters. The number of amides is 1. The van der Waals surface area contributed by atoms with E-state index in [2.05, 4.69) is 31.5 Å². The molecule has 1 heterocycles. The number of rotatable bonds is 4. The predicted molar refractivity (Wildman–Crippen MR) is 106 cm³/mol. The maximum Gasteiger partial charge on any atom is 0.257 e. The number of anilines is 3. The number of benzene rings is 2. The van der Waals surface area contributed by atoms with E-state index in [1.54, 1.807) is 18.5 Å². The summed E-state index contributed by atoms with van der Waals surface area (Å²) in [5, 5.41) is 6.20. The Labute approximate surface area is 155 Å². The third-order valence-electron chi connectivity index (χ3n) is 3.84. The highest BCUT2D eigenvalue weighted by Crippen LogP contribution is 2.23. The Kier molecular flexibility index (Phi) is 5.14. The molecule has 0 aliphatic heterocycles. The first kappa shape index (κ1) is 17.2. The molecule has 5 heteroatoms. The van der Waals surface area contributed by atoms with Crippen LogP contribution in [0.3, 0.4) is 0 Å². The first-order valence-corrected chi connectivity index (χ1v) is 8.67. The maximum absolute atomic E-state index is 12.5. The van der Waals surface area contributed by atoms with E-state index in [9.17, 15) is 4.79 Å². The second kappa shape index (κ2) is 7.49. The molecule has 0 aliphatic rings. The van der Waals surface area contributed by atoms with Crippen molar-refractivity contribution in [3.63, 3.8) is 0 Å². The van der Waals surface area contributed by atoms with Crippen molar-refractivity contribution in [1.29, 1.82) is 0 Å². The fourth-order valence-electron chi connectivity index (χ4n) is 2.43. The molecule has 0 aliphatic carbocycles. The second-order valence-electron chi connectivity index (χ2n) is 5.82. The Morgan fingerprint density at radius 3 is 2.52 bits per heavy atom. The van der Waals surface area contributed by atoms with Crippen LogP contribution in [0.25, 0.3) is 0 Å². The van der Waals surface area contributed by atoms with Crippen molar-refractivity contribution in [1.82, 2.24) is 4.98 Å². The van der Waals surface area contributed by atoms with Gasteiger partial charge < -0.3 is 10.6 Å². The molecule has 3 aromatic rings. The molecule has 25 heavy (non-hydrogen) atoms. The van der Waals surface area contributed by atoms with Crippen LogP contribution in [0.1, 0.15) is 21.5 Å². The van der Waals surface area contributed by atoms with Gasteiger partial charge in [-0.15, -0.1) is 0 Å². The van der Waals surface area contributed by atoms with Gasteiger partial charge in [0, 0.05) is 22.0 Å². The van der Waals surface area contributed by atoms with Gasteiger partial charge in [0.15, 0.2) is 0 Å². The summed E-state index contributed by atoms with van der Waals surface area (Å²) < 4.78 is 1.06. The molecule has 2 aromatic carbocycles. The minimum atomic E-state index is -0.183. The van der Waals surface area contributed by atoms with Crippen molar-refractivity contribution in [2.24, 2.45) is 0 Å². The topological polar surface area (TPSA) is 54.0 Å². The van der Waals surface area contributed by atoms with Crippen LogP contribution in [-0.2, 0) is 0 Å². The highest BCUT2D eigenvalue weighted by Gasteiger charge is 2.09. The van der Waals surface area contributed by atoms with Crippen LogP contribution in [0, 0.1) is 13.8 Å². The molecule has 4 nitrogen and oxygen atoms in total. The van der Waals surface area contributed by atoms with Gasteiger partial charge in [0.25, 0.3) is 5.91 Å². The van der Waals surface area contributed by atoms with Gasteiger partial charge in [-0.2, -0.15) is 0 Å². The zero-order valence-corrected chi connectivity index (χ0v) is 15.6. The number of hydrogen-bond donors (Lipinski definition) is 2. The molecule has 126 valence electrons. The summed E-state index contributed by atoms with van der Waals surface area (Å²) in [5.74, 6) is -0.183. The molecule has 3 rings (SSSR count). The number of nitrogens with one attached hydrogen (secondary N) is 2. The third kappa shape index (κ3) is 4.25. The maximum atomic E-state index is 12.5. The standard InChI is InChI=1S/C20H18BrN3O/c1-13-5-3-4-6-19(13)24-20(25)15-10-17(12-22-11-15)23-16-7-8-18(21)14(2)9-16/h3-12,23H,1-2H3,(H,24,25). The van der Waals surface area contributed by atoms with Gasteiger partial charge in [-0.1, -0.05) is 34.1 Å². The van der Waals surface area contributed by atoms with Crippen molar-refractivity contribution in [3.8, 4) is 0 Å². The molecule has 0 saturated heterocycles. The summed E-state index contributed by atoms with van der Waals surface area (Å²) in [4.78, 5) is 16.7. The van der Waals surface area contributed by atoms with Crippen molar-refractivity contribution in [2.45, 2.75) is 13.8 Å². The number of hydrogen-bond acceptors (Lipinski definition) is 3. The summed E-state index contributed by atoms with van der Waals surface area (Å²) in [6.45, 7) is 3.99. The lowest BCUT2D eigenvalue weighted by Crippen LogP contribution is -2.13. The number of halogens is 1. The van der Waals surface area contributed by atoms with Gasteiger partial charge in [-0.05, 0) is 55.3 Å². The average molecular weight is 396 g/mol. The summed E-state index contributed by atoms with van der Waals surface area (Å²) >= 11 is 3.49. The van der Waals surface area contributed by atoms with Crippen molar-refractivity contribution < 1.29 is 4.79 Å². The van der Waals surface area contributed by atoms with Gasteiger partial charge in [0.2, 0.25) is 0 Å². The fraction of sp³-hybridized carbons (Fsp3) is 0.100. The molecule has 1 amide bonds. The lowest BCUT2D eigenvalue weighted by Gasteiger charge is -2.11. The van der Waals surface area contributed by atoms with Gasteiger partial charge >= 0.3 is 0 Å². The van der Waals surface area contributed by atoms with Crippen molar-refractivity contribution in [3.05, 3.63) is 82.1 Å². The van der Waals surface area contributed by atoms with Crippen molar-refractivity contribution in [2.75, 3.05) is 10.6 Å². The van der Waals surface area contributed by atoms with Crippen LogP contribution in [-0.4, -0.2) is 10.9 Å². The fourth-order valence-corrected chi connectivity index (χ4v) is 2.68. The van der Waals surface area contributed by atoms with Crippen LogP contribution in [0.5, 0.6) is 0 Å².